The summed E-state index contributed by atoms with van der Waals surface area (Å²) >= 11 is 0. The Kier molecular flexibility index (Phi) is 14.3. The standard InChI is InChI=1S/C41H42F6N4O7/c1-53-32-13-9-27(21-34(32)55-3)36-37(28-10-14-33(54-2)35(22-28)56-4)51(38(50-36)30-12-11-29(40(42,43)44)23-31(30)41(45,46)47)24-25-5-7-26(8-6-25)39(52)49-16-18-58-20-19-57-17-15-48/h5-14,21-23H,15-20,24,48H2,1-4H3,(H,49,52). The van der Waals surface area contributed by atoms with Crippen molar-refractivity contribution in [2.45, 2.75) is 18.9 Å². The molecule has 17 heteroatoms. The van der Waals surface area contributed by atoms with E-state index in [0.717, 1.165) is 6.07 Å². The molecule has 0 spiro atoms. The first-order chi connectivity index (χ1) is 27.7. The van der Waals surface area contributed by atoms with Crippen LogP contribution in [0.3, 0.4) is 0 Å². The number of halogens is 6. The van der Waals surface area contributed by atoms with Crippen molar-refractivity contribution in [3.8, 4) is 56.9 Å². The van der Waals surface area contributed by atoms with E-state index in [-0.39, 0.29) is 54.6 Å². The Morgan fingerprint density at radius 3 is 1.84 bits per heavy atom. The van der Waals surface area contributed by atoms with Gasteiger partial charge in [0, 0.05) is 41.9 Å². The first kappa shape index (κ1) is 43.3. The average Bonchev–Trinajstić information content (AvgIpc) is 3.59. The van der Waals surface area contributed by atoms with Gasteiger partial charge in [-0.3, -0.25) is 4.79 Å². The molecule has 0 fully saturated rings. The van der Waals surface area contributed by atoms with Crippen LogP contribution in [0, 0.1) is 0 Å². The lowest BCUT2D eigenvalue weighted by Gasteiger charge is -2.19. The fourth-order valence-corrected chi connectivity index (χ4v) is 6.11. The van der Waals surface area contributed by atoms with Gasteiger partial charge in [-0.25, -0.2) is 4.98 Å². The van der Waals surface area contributed by atoms with Crippen LogP contribution >= 0.6 is 0 Å². The zero-order chi connectivity index (χ0) is 42.0. The highest BCUT2D eigenvalue weighted by atomic mass is 19.4. The number of carbonyl (C=O) groups is 1. The molecule has 0 bridgehead atoms. The minimum absolute atomic E-state index is 0.0780. The predicted octanol–water partition coefficient (Wildman–Crippen LogP) is 7.73. The summed E-state index contributed by atoms with van der Waals surface area (Å²) in [4.78, 5) is 17.7. The molecular weight excluding hydrogens is 774 g/mol. The number of nitrogens with two attached hydrogens (primary N) is 1. The first-order valence-electron chi connectivity index (χ1n) is 17.8. The summed E-state index contributed by atoms with van der Waals surface area (Å²) in [5, 5.41) is 2.76. The van der Waals surface area contributed by atoms with E-state index in [1.807, 2.05) is 0 Å². The van der Waals surface area contributed by atoms with Crippen molar-refractivity contribution in [2.24, 2.45) is 5.73 Å². The van der Waals surface area contributed by atoms with Gasteiger partial charge in [0.1, 0.15) is 5.82 Å². The number of hydrogen-bond acceptors (Lipinski definition) is 9. The van der Waals surface area contributed by atoms with Crippen molar-refractivity contribution in [3.05, 3.63) is 101 Å². The summed E-state index contributed by atoms with van der Waals surface area (Å²) in [5.41, 5.74) is 3.86. The molecule has 3 N–H and O–H groups in total. The van der Waals surface area contributed by atoms with Crippen LogP contribution in [-0.2, 0) is 28.4 Å². The van der Waals surface area contributed by atoms with Crippen molar-refractivity contribution >= 4 is 5.91 Å². The van der Waals surface area contributed by atoms with Crippen molar-refractivity contribution in [3.63, 3.8) is 0 Å². The quantitative estimate of drug-likeness (QED) is 0.0675. The van der Waals surface area contributed by atoms with Crippen LogP contribution in [0.25, 0.3) is 33.9 Å². The van der Waals surface area contributed by atoms with Gasteiger partial charge in [-0.1, -0.05) is 18.2 Å². The number of alkyl halides is 6. The number of nitrogens with zero attached hydrogens (tertiary/aromatic N) is 2. The van der Waals surface area contributed by atoms with Crippen molar-refractivity contribution in [1.29, 1.82) is 0 Å². The summed E-state index contributed by atoms with van der Waals surface area (Å²) < 4.78 is 120. The molecule has 11 nitrogen and oxygen atoms in total. The van der Waals surface area contributed by atoms with Crippen molar-refractivity contribution < 1.29 is 59.6 Å². The van der Waals surface area contributed by atoms with Crippen LogP contribution in [0.1, 0.15) is 27.0 Å². The molecule has 1 amide bonds. The lowest BCUT2D eigenvalue weighted by molar-refractivity contribution is -0.142. The highest BCUT2D eigenvalue weighted by Gasteiger charge is 2.40. The van der Waals surface area contributed by atoms with Crippen LogP contribution in [0.2, 0.25) is 0 Å². The maximum Gasteiger partial charge on any atom is 0.417 e. The van der Waals surface area contributed by atoms with Gasteiger partial charge in [0.25, 0.3) is 5.91 Å². The Morgan fingerprint density at radius 2 is 1.28 bits per heavy atom. The number of methoxy groups -OCH3 is 4. The summed E-state index contributed by atoms with van der Waals surface area (Å²) in [5.74, 6) is 0.634. The summed E-state index contributed by atoms with van der Waals surface area (Å²) in [6, 6.07) is 17.5. The SMILES string of the molecule is COc1ccc(-c2nc(-c3ccc(C(F)(F)F)cc3C(F)(F)F)n(Cc3ccc(C(=O)NCCOCCOCCN)cc3)c2-c2ccc(OC)c(OC)c2)cc1OC. The Bertz CT molecular complexity index is 2170. The number of hydrogen-bond donors (Lipinski definition) is 2. The monoisotopic (exact) mass is 816 g/mol. The molecule has 0 aliphatic heterocycles. The number of carbonyl (C=O) groups excluding carboxylic acids is 1. The van der Waals surface area contributed by atoms with Gasteiger partial charge in [0.2, 0.25) is 0 Å². The van der Waals surface area contributed by atoms with Gasteiger partial charge in [-0.2, -0.15) is 26.3 Å². The molecule has 1 aromatic heterocycles. The van der Waals surface area contributed by atoms with Crippen LogP contribution in [0.5, 0.6) is 23.0 Å². The lowest BCUT2D eigenvalue weighted by Crippen LogP contribution is -2.27. The van der Waals surface area contributed by atoms with E-state index in [1.54, 1.807) is 60.7 Å². The number of rotatable bonds is 18. The maximum absolute atomic E-state index is 14.8. The molecule has 1 heterocycles. The van der Waals surface area contributed by atoms with E-state index >= 15 is 0 Å². The zero-order valence-electron chi connectivity index (χ0n) is 32.1. The fraction of sp³-hybridized carbons (Fsp3) is 0.317. The molecule has 310 valence electrons. The van der Waals surface area contributed by atoms with Crippen molar-refractivity contribution in [1.82, 2.24) is 14.9 Å². The van der Waals surface area contributed by atoms with Crippen LogP contribution in [0.4, 0.5) is 26.3 Å². The molecule has 0 unspecified atom stereocenters. The van der Waals surface area contributed by atoms with E-state index in [0.29, 0.717) is 71.9 Å². The molecule has 0 aliphatic carbocycles. The summed E-state index contributed by atoms with van der Waals surface area (Å²) in [6.45, 7) is 1.83. The van der Waals surface area contributed by atoms with Gasteiger partial charge in [0.15, 0.2) is 23.0 Å². The molecule has 0 atom stereocenters. The summed E-state index contributed by atoms with van der Waals surface area (Å²) in [7, 11) is 5.71. The number of aromatic nitrogens is 2. The van der Waals surface area contributed by atoms with Crippen LogP contribution in [0.15, 0.2) is 78.9 Å². The second-order valence-corrected chi connectivity index (χ2v) is 12.6. The number of amides is 1. The molecular formula is C41H42F6N4O7. The molecule has 0 aliphatic rings. The molecule has 0 radical (unpaired) electrons. The minimum atomic E-state index is -5.21. The van der Waals surface area contributed by atoms with E-state index in [4.69, 9.17) is 39.1 Å². The number of ether oxygens (including phenoxy) is 6. The van der Waals surface area contributed by atoms with Gasteiger partial charge in [-0.05, 0) is 66.2 Å². The number of imidazole rings is 1. The topological polar surface area (TPSA) is 128 Å². The smallest absolute Gasteiger partial charge is 0.417 e. The number of nitrogens with one attached hydrogen (secondary N) is 1. The average molecular weight is 817 g/mol. The van der Waals surface area contributed by atoms with Crippen LogP contribution in [-0.4, -0.2) is 83.4 Å². The van der Waals surface area contributed by atoms with Gasteiger partial charge in [0.05, 0.1) is 77.4 Å². The third-order valence-electron chi connectivity index (χ3n) is 8.90. The van der Waals surface area contributed by atoms with E-state index in [2.05, 4.69) is 5.32 Å². The second-order valence-electron chi connectivity index (χ2n) is 12.6. The molecule has 5 rings (SSSR count). The highest BCUT2D eigenvalue weighted by Crippen LogP contribution is 2.45. The Balaban J connectivity index is 1.66. The predicted molar refractivity (Wildman–Crippen MR) is 203 cm³/mol. The third-order valence-corrected chi connectivity index (χ3v) is 8.90. The van der Waals surface area contributed by atoms with Gasteiger partial charge < -0.3 is 44.0 Å². The zero-order valence-corrected chi connectivity index (χ0v) is 32.1. The van der Waals surface area contributed by atoms with E-state index in [1.165, 1.54) is 33.0 Å². The van der Waals surface area contributed by atoms with Crippen LogP contribution < -0.4 is 30.0 Å². The van der Waals surface area contributed by atoms with Crippen molar-refractivity contribution in [2.75, 3.05) is 68.0 Å². The van der Waals surface area contributed by atoms with E-state index in [9.17, 15) is 31.1 Å². The molecule has 4 aromatic carbocycles. The Labute approximate surface area is 330 Å². The highest BCUT2D eigenvalue weighted by molar-refractivity contribution is 5.94. The maximum atomic E-state index is 14.8. The Hall–Kier alpha value is -5.78. The third kappa shape index (κ3) is 10.2. The molecule has 0 saturated heterocycles. The molecule has 5 aromatic rings. The Morgan fingerprint density at radius 1 is 0.690 bits per heavy atom. The second kappa shape index (κ2) is 19.1. The normalized spacial score (nSPS) is 11.7. The number of benzene rings is 4. The van der Waals surface area contributed by atoms with Gasteiger partial charge >= 0.3 is 12.4 Å². The minimum Gasteiger partial charge on any atom is -0.493 e. The molecule has 0 saturated carbocycles. The lowest BCUT2D eigenvalue weighted by atomic mass is 10.0. The fourth-order valence-electron chi connectivity index (χ4n) is 6.11. The first-order valence-corrected chi connectivity index (χ1v) is 17.8. The van der Waals surface area contributed by atoms with E-state index < -0.39 is 29.0 Å². The van der Waals surface area contributed by atoms with Gasteiger partial charge in [-0.15, -0.1) is 0 Å². The summed E-state index contributed by atoms with van der Waals surface area (Å²) in [6.07, 6.45) is -10.3. The largest absolute Gasteiger partial charge is 0.493 e. The molecule has 58 heavy (non-hydrogen) atoms.